The van der Waals surface area contributed by atoms with E-state index in [1.54, 1.807) is 11.0 Å². The SMILES string of the molecule is CNC1CCCN(C(=O)c2cnn(-c3ncccc3Cl)c2C(F)F)C1.Cl.Cl. The maximum atomic E-state index is 13.7. The molecule has 1 saturated heterocycles. The fourth-order valence-corrected chi connectivity index (χ4v) is 3.20. The molecule has 0 aliphatic carbocycles. The second-order valence-electron chi connectivity index (χ2n) is 5.84. The Labute approximate surface area is 173 Å². The molecule has 0 aromatic carbocycles. The van der Waals surface area contributed by atoms with E-state index in [2.05, 4.69) is 15.4 Å². The minimum atomic E-state index is -2.88. The average Bonchev–Trinajstić information content (AvgIpc) is 3.06. The van der Waals surface area contributed by atoms with Crippen LogP contribution in [0.3, 0.4) is 0 Å². The molecule has 1 fully saturated rings. The first kappa shape index (κ1) is 23.6. The molecule has 27 heavy (non-hydrogen) atoms. The highest BCUT2D eigenvalue weighted by Gasteiger charge is 2.31. The molecule has 0 radical (unpaired) electrons. The Bertz CT molecular complexity index is 774. The van der Waals surface area contributed by atoms with Crippen LogP contribution >= 0.6 is 36.4 Å². The van der Waals surface area contributed by atoms with Crippen LogP contribution in [0.4, 0.5) is 8.78 Å². The fraction of sp³-hybridized carbons (Fsp3) is 0.438. The summed E-state index contributed by atoms with van der Waals surface area (Å²) in [4.78, 5) is 18.4. The molecule has 0 bridgehead atoms. The number of pyridine rings is 1. The molecule has 1 N–H and O–H groups in total. The Morgan fingerprint density at radius 3 is 2.78 bits per heavy atom. The summed E-state index contributed by atoms with van der Waals surface area (Å²) >= 11 is 6.04. The molecule has 1 unspecified atom stereocenters. The number of likely N-dealkylation sites (N-methyl/N-ethyl adjacent to an activating group) is 1. The van der Waals surface area contributed by atoms with Crippen molar-refractivity contribution < 1.29 is 13.6 Å². The van der Waals surface area contributed by atoms with Gasteiger partial charge in [-0.25, -0.2) is 18.4 Å². The minimum absolute atomic E-state index is 0. The number of nitrogens with one attached hydrogen (secondary N) is 1. The lowest BCUT2D eigenvalue weighted by molar-refractivity contribution is 0.0685. The van der Waals surface area contributed by atoms with Crippen LogP contribution < -0.4 is 5.32 Å². The highest BCUT2D eigenvalue weighted by molar-refractivity contribution is 6.32. The van der Waals surface area contributed by atoms with Crippen molar-refractivity contribution in [2.24, 2.45) is 0 Å². The molecular weight excluding hydrogens is 423 g/mol. The average molecular weight is 443 g/mol. The van der Waals surface area contributed by atoms with Crippen molar-refractivity contribution in [3.05, 3.63) is 40.8 Å². The fourth-order valence-electron chi connectivity index (χ4n) is 3.00. The van der Waals surface area contributed by atoms with E-state index in [0.717, 1.165) is 23.7 Å². The summed E-state index contributed by atoms with van der Waals surface area (Å²) in [5.74, 6) is -0.376. The predicted octanol–water partition coefficient (Wildman–Crippen LogP) is 3.53. The number of carbonyl (C=O) groups is 1. The zero-order valence-corrected chi connectivity index (χ0v) is 16.8. The molecule has 2 aromatic heterocycles. The Kier molecular flexibility index (Phi) is 8.87. The minimum Gasteiger partial charge on any atom is -0.337 e. The van der Waals surface area contributed by atoms with Crippen LogP contribution in [0.25, 0.3) is 5.82 Å². The first-order valence-electron chi connectivity index (χ1n) is 7.96. The number of hydrogen-bond donors (Lipinski definition) is 1. The first-order chi connectivity index (χ1) is 12.0. The van der Waals surface area contributed by atoms with Crippen molar-refractivity contribution in [1.82, 2.24) is 25.0 Å². The third-order valence-electron chi connectivity index (χ3n) is 4.30. The van der Waals surface area contributed by atoms with Gasteiger partial charge in [-0.15, -0.1) is 24.8 Å². The van der Waals surface area contributed by atoms with Crippen LogP contribution in [-0.4, -0.2) is 51.8 Å². The van der Waals surface area contributed by atoms with E-state index in [1.165, 1.54) is 12.3 Å². The zero-order valence-electron chi connectivity index (χ0n) is 14.4. The van der Waals surface area contributed by atoms with Crippen molar-refractivity contribution in [1.29, 1.82) is 0 Å². The lowest BCUT2D eigenvalue weighted by Gasteiger charge is -2.32. The third kappa shape index (κ3) is 4.87. The molecule has 6 nitrogen and oxygen atoms in total. The van der Waals surface area contributed by atoms with Gasteiger partial charge in [0.2, 0.25) is 0 Å². The Balaban J connectivity index is 0.00000182. The van der Waals surface area contributed by atoms with E-state index in [-0.39, 0.29) is 47.3 Å². The van der Waals surface area contributed by atoms with Crippen molar-refractivity contribution in [3.8, 4) is 5.82 Å². The van der Waals surface area contributed by atoms with E-state index < -0.39 is 18.0 Å². The van der Waals surface area contributed by atoms with Gasteiger partial charge >= 0.3 is 0 Å². The smallest absolute Gasteiger partial charge is 0.281 e. The molecule has 1 amide bonds. The van der Waals surface area contributed by atoms with E-state index in [9.17, 15) is 13.6 Å². The number of carbonyl (C=O) groups excluding carboxylic acids is 1. The molecule has 150 valence electrons. The van der Waals surface area contributed by atoms with E-state index >= 15 is 0 Å². The van der Waals surface area contributed by atoms with E-state index in [1.807, 2.05) is 7.05 Å². The van der Waals surface area contributed by atoms with Gasteiger partial charge in [-0.05, 0) is 32.0 Å². The molecule has 1 aliphatic heterocycles. The first-order valence-corrected chi connectivity index (χ1v) is 8.34. The van der Waals surface area contributed by atoms with Gasteiger partial charge in [0.05, 0.1) is 16.8 Å². The number of aromatic nitrogens is 3. The number of amides is 1. The Hall–Kier alpha value is -1.48. The summed E-state index contributed by atoms with van der Waals surface area (Å²) < 4.78 is 28.3. The lowest BCUT2D eigenvalue weighted by atomic mass is 10.0. The van der Waals surface area contributed by atoms with E-state index in [4.69, 9.17) is 11.6 Å². The van der Waals surface area contributed by atoms with Crippen molar-refractivity contribution in [3.63, 3.8) is 0 Å². The highest BCUT2D eigenvalue weighted by Crippen LogP contribution is 2.29. The van der Waals surface area contributed by atoms with Gasteiger partial charge in [-0.3, -0.25) is 4.79 Å². The topological polar surface area (TPSA) is 63.1 Å². The highest BCUT2D eigenvalue weighted by atomic mass is 35.5. The second-order valence-corrected chi connectivity index (χ2v) is 6.25. The number of hydrogen-bond acceptors (Lipinski definition) is 4. The van der Waals surface area contributed by atoms with Gasteiger partial charge in [0, 0.05) is 25.3 Å². The van der Waals surface area contributed by atoms with Crippen LogP contribution in [0.15, 0.2) is 24.5 Å². The maximum absolute atomic E-state index is 13.7. The zero-order chi connectivity index (χ0) is 18.0. The molecule has 3 heterocycles. The Morgan fingerprint density at radius 1 is 1.41 bits per heavy atom. The summed E-state index contributed by atoms with van der Waals surface area (Å²) in [5, 5.41) is 7.26. The largest absolute Gasteiger partial charge is 0.337 e. The lowest BCUT2D eigenvalue weighted by Crippen LogP contribution is -2.47. The molecule has 2 aromatic rings. The maximum Gasteiger partial charge on any atom is 0.281 e. The summed E-state index contributed by atoms with van der Waals surface area (Å²) in [6.07, 6.45) is 1.48. The van der Waals surface area contributed by atoms with Crippen LogP contribution in [0, 0.1) is 0 Å². The van der Waals surface area contributed by atoms with Crippen LogP contribution in [0.1, 0.15) is 35.3 Å². The summed E-state index contributed by atoms with van der Waals surface area (Å²) in [5.41, 5.74) is -0.606. The summed E-state index contributed by atoms with van der Waals surface area (Å²) in [6.45, 7) is 1.02. The van der Waals surface area contributed by atoms with Crippen LogP contribution in [0.2, 0.25) is 5.02 Å². The third-order valence-corrected chi connectivity index (χ3v) is 4.60. The number of alkyl halides is 2. The van der Waals surface area contributed by atoms with Gasteiger partial charge in [-0.1, -0.05) is 11.6 Å². The molecule has 1 atom stereocenters. The second kappa shape index (κ2) is 10.2. The molecule has 11 heteroatoms. The van der Waals surface area contributed by atoms with Crippen LogP contribution in [0.5, 0.6) is 0 Å². The quantitative estimate of drug-likeness (QED) is 0.787. The van der Waals surface area contributed by atoms with Gasteiger partial charge in [0.1, 0.15) is 5.69 Å². The molecule has 0 saturated carbocycles. The van der Waals surface area contributed by atoms with Gasteiger partial charge in [0.15, 0.2) is 5.82 Å². The van der Waals surface area contributed by atoms with Gasteiger partial charge < -0.3 is 10.2 Å². The molecule has 3 rings (SSSR count). The van der Waals surface area contributed by atoms with Crippen molar-refractivity contribution in [2.75, 3.05) is 20.1 Å². The number of halogens is 5. The number of piperidine rings is 1. The normalized spacial score (nSPS) is 16.6. The Morgan fingerprint density at radius 2 is 2.15 bits per heavy atom. The molecule has 0 spiro atoms. The number of likely N-dealkylation sites (tertiary alicyclic amines) is 1. The van der Waals surface area contributed by atoms with Gasteiger partial charge in [-0.2, -0.15) is 5.10 Å². The van der Waals surface area contributed by atoms with Gasteiger partial charge in [0.25, 0.3) is 12.3 Å². The monoisotopic (exact) mass is 441 g/mol. The van der Waals surface area contributed by atoms with E-state index in [0.29, 0.717) is 13.1 Å². The van der Waals surface area contributed by atoms with Crippen molar-refractivity contribution in [2.45, 2.75) is 25.3 Å². The predicted molar refractivity (Wildman–Crippen MR) is 104 cm³/mol. The van der Waals surface area contributed by atoms with Crippen LogP contribution in [-0.2, 0) is 0 Å². The molecular formula is C16H20Cl3F2N5O. The standard InChI is InChI=1S/C16H18ClF2N5O.2ClH/c1-20-10-4-3-7-23(9-10)16(25)11-8-22-24(13(11)14(18)19)15-12(17)5-2-6-21-15;;/h2,5-6,8,10,14,20H,3-4,7,9H2,1H3;2*1H. The summed E-state index contributed by atoms with van der Waals surface area (Å²) in [7, 11) is 1.82. The van der Waals surface area contributed by atoms with Crippen molar-refractivity contribution >= 4 is 42.3 Å². The molecule has 1 aliphatic rings. The summed E-state index contributed by atoms with van der Waals surface area (Å²) in [6, 6.07) is 3.28. The number of rotatable bonds is 4. The number of nitrogens with zero attached hydrogens (tertiary/aromatic N) is 4.